The summed E-state index contributed by atoms with van der Waals surface area (Å²) in [7, 11) is 1.46. The molecule has 69 heavy (non-hydrogen) atoms. The Morgan fingerprint density at radius 2 is 1.55 bits per heavy atom. The highest BCUT2D eigenvalue weighted by atomic mass is 16.6. The summed E-state index contributed by atoms with van der Waals surface area (Å²) in [5, 5.41) is 24.9. The molecule has 4 aromatic carbocycles. The van der Waals surface area contributed by atoms with Crippen LogP contribution in [0.2, 0.25) is 0 Å². The van der Waals surface area contributed by atoms with E-state index in [1.807, 2.05) is 77.7 Å². The molecule has 6 atom stereocenters. The van der Waals surface area contributed by atoms with E-state index in [0.29, 0.717) is 41.6 Å². The standard InChI is InChI=1S/C55H56N4O10/c1-66-34-35-68-53(64)58-43-24-23-37(25-29-54(65)27-13-2-3-14-28-54)36-42(43)55(52(58)63)45(50(61)57-31-26-40-20-12-15-30-56-40)47-51(62)69-48(39-18-8-5-9-19-39)46(38-16-6-4-7-17-38)59(47)49(55)41-21-10-11-22-44(41)67-33-32-60/h4-12,15-24,30,36,45-49,60,65H,2-3,13-14,26-28,31-35H2,1H3,(H,57,61). The number of carbonyl (C=O) groups excluding carboxylic acids is 4. The predicted molar refractivity (Wildman–Crippen MR) is 255 cm³/mol. The molecule has 3 aliphatic heterocycles. The van der Waals surface area contributed by atoms with Gasteiger partial charge in [0.25, 0.3) is 0 Å². The van der Waals surface area contributed by atoms with Crippen LogP contribution in [-0.2, 0) is 40.4 Å². The second-order valence-electron chi connectivity index (χ2n) is 17.9. The zero-order chi connectivity index (χ0) is 48.0. The number of hydrogen-bond donors (Lipinski definition) is 3. The normalized spacial score (nSPS) is 23.8. The molecule has 1 saturated carbocycles. The van der Waals surface area contributed by atoms with Crippen molar-refractivity contribution in [1.82, 2.24) is 15.2 Å². The molecule has 4 heterocycles. The van der Waals surface area contributed by atoms with Gasteiger partial charge in [-0.15, -0.1) is 0 Å². The molecule has 1 aromatic heterocycles. The quantitative estimate of drug-likeness (QED) is 0.0494. The SMILES string of the molecule is COCCOC(=O)N1C(=O)C2(c3cc(C#CC4(O)CCCCCC4)ccc31)C(C(=O)NCCc1ccccn1)C1C(=O)OC(c3ccccc3)C(c3ccccc3)N1C2c1ccccc1OCCO. The number of carbonyl (C=O) groups is 4. The van der Waals surface area contributed by atoms with E-state index in [2.05, 4.69) is 22.1 Å². The minimum Gasteiger partial charge on any atom is -0.491 e. The van der Waals surface area contributed by atoms with Crippen LogP contribution in [0.4, 0.5) is 10.5 Å². The maximum absolute atomic E-state index is 16.5. The number of nitrogens with one attached hydrogen (secondary N) is 1. The molecule has 4 aliphatic rings. The Bertz CT molecular complexity index is 2700. The number of aliphatic hydroxyl groups excluding tert-OH is 1. The van der Waals surface area contributed by atoms with Crippen LogP contribution in [0.1, 0.15) is 90.2 Å². The van der Waals surface area contributed by atoms with E-state index in [-0.39, 0.29) is 50.0 Å². The predicted octanol–water partition coefficient (Wildman–Crippen LogP) is 6.70. The number of aliphatic hydroxyl groups is 2. The van der Waals surface area contributed by atoms with Crippen LogP contribution in [0.25, 0.3) is 0 Å². The van der Waals surface area contributed by atoms with Gasteiger partial charge in [-0.1, -0.05) is 110 Å². The van der Waals surface area contributed by atoms with E-state index in [9.17, 15) is 15.0 Å². The van der Waals surface area contributed by atoms with Gasteiger partial charge in [0.15, 0.2) is 0 Å². The zero-order valence-corrected chi connectivity index (χ0v) is 38.5. The van der Waals surface area contributed by atoms with E-state index < -0.39 is 65.0 Å². The van der Waals surface area contributed by atoms with Crippen LogP contribution in [0.15, 0.2) is 128 Å². The highest BCUT2D eigenvalue weighted by Crippen LogP contribution is 2.66. The number of rotatable bonds is 13. The zero-order valence-electron chi connectivity index (χ0n) is 38.5. The largest absolute Gasteiger partial charge is 0.491 e. The van der Waals surface area contributed by atoms with Gasteiger partial charge in [0, 0.05) is 43.1 Å². The summed E-state index contributed by atoms with van der Waals surface area (Å²) in [5.74, 6) is 2.89. The van der Waals surface area contributed by atoms with Crippen LogP contribution < -0.4 is 15.0 Å². The Hall–Kier alpha value is -6.89. The first-order valence-electron chi connectivity index (χ1n) is 23.7. The highest BCUT2D eigenvalue weighted by molar-refractivity contribution is 6.23. The molecule has 5 aromatic rings. The number of methoxy groups -OCH3 is 1. The third kappa shape index (κ3) is 9.11. The lowest BCUT2D eigenvalue weighted by Gasteiger charge is -2.46. The van der Waals surface area contributed by atoms with Gasteiger partial charge in [0.05, 0.1) is 36.9 Å². The summed E-state index contributed by atoms with van der Waals surface area (Å²) in [6, 6.07) is 32.8. The number of nitrogens with zero attached hydrogens (tertiary/aromatic N) is 3. The molecule has 356 valence electrons. The molecule has 3 N–H and O–H groups in total. The number of benzene rings is 4. The molecule has 2 saturated heterocycles. The molecule has 14 heteroatoms. The van der Waals surface area contributed by atoms with Gasteiger partial charge in [-0.3, -0.25) is 24.3 Å². The number of pyridine rings is 1. The number of anilines is 1. The Balaban J connectivity index is 1.34. The molecule has 1 spiro atoms. The van der Waals surface area contributed by atoms with E-state index in [1.54, 1.807) is 54.7 Å². The first kappa shape index (κ1) is 47.2. The fraction of sp³-hybridized carbons (Fsp3) is 0.364. The Morgan fingerprint density at radius 1 is 0.841 bits per heavy atom. The number of imide groups is 1. The van der Waals surface area contributed by atoms with Crippen molar-refractivity contribution in [2.75, 3.05) is 45.0 Å². The average Bonchev–Trinajstić information content (AvgIpc) is 3.71. The van der Waals surface area contributed by atoms with E-state index in [1.165, 1.54) is 7.11 Å². The van der Waals surface area contributed by atoms with Crippen molar-refractivity contribution in [2.45, 2.75) is 80.2 Å². The van der Waals surface area contributed by atoms with E-state index in [0.717, 1.165) is 36.1 Å². The fourth-order valence-corrected chi connectivity index (χ4v) is 10.8. The van der Waals surface area contributed by atoms with Gasteiger partial charge in [0.2, 0.25) is 11.8 Å². The molecular weight excluding hydrogens is 877 g/mol. The van der Waals surface area contributed by atoms with Gasteiger partial charge in [0.1, 0.15) is 42.1 Å². The number of hydrogen-bond acceptors (Lipinski definition) is 12. The van der Waals surface area contributed by atoms with Crippen LogP contribution in [0.5, 0.6) is 5.75 Å². The topological polar surface area (TPSA) is 177 Å². The Morgan fingerprint density at radius 3 is 2.26 bits per heavy atom. The van der Waals surface area contributed by atoms with Crippen LogP contribution in [-0.4, -0.2) is 95.7 Å². The minimum atomic E-state index is -2.11. The molecule has 6 unspecified atom stereocenters. The Labute approximate surface area is 401 Å². The third-order valence-electron chi connectivity index (χ3n) is 13.8. The maximum Gasteiger partial charge on any atom is 0.421 e. The fourth-order valence-electron chi connectivity index (χ4n) is 10.8. The molecule has 3 amide bonds. The average molecular weight is 933 g/mol. The van der Waals surface area contributed by atoms with Crippen molar-refractivity contribution < 1.29 is 48.3 Å². The molecular formula is C55H56N4O10. The summed E-state index contributed by atoms with van der Waals surface area (Å²) in [6.07, 6.45) is 4.69. The van der Waals surface area contributed by atoms with Crippen molar-refractivity contribution in [3.05, 3.63) is 161 Å². The molecule has 1 aliphatic carbocycles. The number of cyclic esters (lactones) is 1. The lowest BCUT2D eigenvalue weighted by Crippen LogP contribution is -2.56. The Kier molecular flexibility index (Phi) is 14.2. The smallest absolute Gasteiger partial charge is 0.421 e. The number of ether oxygens (including phenoxy) is 4. The monoisotopic (exact) mass is 932 g/mol. The summed E-state index contributed by atoms with van der Waals surface area (Å²) in [5.41, 5.74) is -0.0199. The lowest BCUT2D eigenvalue weighted by atomic mass is 9.65. The van der Waals surface area contributed by atoms with E-state index in [4.69, 9.17) is 18.9 Å². The molecule has 14 nitrogen and oxygen atoms in total. The number of aromatic nitrogens is 1. The first-order valence-corrected chi connectivity index (χ1v) is 23.7. The minimum absolute atomic E-state index is 0.0457. The van der Waals surface area contributed by atoms with Crippen molar-refractivity contribution in [1.29, 1.82) is 0 Å². The molecule has 0 bridgehead atoms. The second-order valence-corrected chi connectivity index (χ2v) is 17.9. The van der Waals surface area contributed by atoms with E-state index >= 15 is 14.4 Å². The summed E-state index contributed by atoms with van der Waals surface area (Å²) >= 11 is 0. The van der Waals surface area contributed by atoms with Gasteiger partial charge < -0.3 is 34.5 Å². The van der Waals surface area contributed by atoms with Crippen molar-refractivity contribution in [3.63, 3.8) is 0 Å². The van der Waals surface area contributed by atoms with Crippen LogP contribution in [0.3, 0.4) is 0 Å². The molecule has 0 radical (unpaired) electrons. The number of amides is 3. The van der Waals surface area contributed by atoms with Gasteiger partial charge in [-0.2, -0.15) is 0 Å². The van der Waals surface area contributed by atoms with Crippen LogP contribution >= 0.6 is 0 Å². The maximum atomic E-state index is 16.5. The first-order chi connectivity index (χ1) is 33.7. The van der Waals surface area contributed by atoms with Gasteiger partial charge in [-0.25, -0.2) is 9.69 Å². The summed E-state index contributed by atoms with van der Waals surface area (Å²) < 4.78 is 23.8. The van der Waals surface area contributed by atoms with Crippen molar-refractivity contribution in [3.8, 4) is 17.6 Å². The van der Waals surface area contributed by atoms with Gasteiger partial charge in [-0.05, 0) is 78.8 Å². The highest BCUT2D eigenvalue weighted by Gasteiger charge is 2.76. The number of esters is 1. The van der Waals surface area contributed by atoms with Crippen LogP contribution in [0, 0.1) is 17.8 Å². The second kappa shape index (κ2) is 20.8. The number of fused-ring (bicyclic) bond motifs is 3. The van der Waals surface area contributed by atoms with Crippen molar-refractivity contribution >= 4 is 29.6 Å². The molecule has 9 rings (SSSR count). The lowest BCUT2D eigenvalue weighted by molar-refractivity contribution is -0.178. The summed E-state index contributed by atoms with van der Waals surface area (Å²) in [4.78, 5) is 69.6. The number of para-hydroxylation sites is 1. The molecule has 3 fully saturated rings. The van der Waals surface area contributed by atoms with Gasteiger partial charge >= 0.3 is 12.1 Å². The third-order valence-corrected chi connectivity index (χ3v) is 13.8. The summed E-state index contributed by atoms with van der Waals surface area (Å²) in [6.45, 7) is -0.487. The number of morpholine rings is 1. The van der Waals surface area contributed by atoms with Crippen molar-refractivity contribution in [2.24, 2.45) is 5.92 Å².